The molecule has 0 saturated carbocycles. The van der Waals surface area contributed by atoms with Crippen molar-refractivity contribution >= 4 is 17.9 Å². The number of aryl methyl sites for hydroxylation is 1. The predicted octanol–water partition coefficient (Wildman–Crippen LogP) is 3.45. The third-order valence-corrected chi connectivity index (χ3v) is 5.74. The number of likely N-dealkylation sites (tertiary alicyclic amines) is 1. The maximum Gasteiger partial charge on any atom is 0.471 e. The molecule has 1 aromatic carbocycles. The molecule has 36 heavy (non-hydrogen) atoms. The van der Waals surface area contributed by atoms with Gasteiger partial charge in [0.1, 0.15) is 17.5 Å². The van der Waals surface area contributed by atoms with E-state index < -0.39 is 36.2 Å². The van der Waals surface area contributed by atoms with Crippen LogP contribution < -0.4 is 15.4 Å². The number of halogens is 3. The molecule has 2 aromatic rings. The van der Waals surface area contributed by atoms with Gasteiger partial charge in [0.15, 0.2) is 0 Å². The van der Waals surface area contributed by atoms with Crippen molar-refractivity contribution in [2.75, 3.05) is 13.1 Å². The van der Waals surface area contributed by atoms with Crippen molar-refractivity contribution in [1.82, 2.24) is 20.5 Å². The molecule has 12 heteroatoms. The second-order valence-corrected chi connectivity index (χ2v) is 8.63. The van der Waals surface area contributed by atoms with Crippen molar-refractivity contribution < 1.29 is 37.4 Å². The van der Waals surface area contributed by atoms with Crippen LogP contribution in [0.15, 0.2) is 42.6 Å². The summed E-state index contributed by atoms with van der Waals surface area (Å²) in [6.45, 7) is 3.85. The molecule has 1 aromatic heterocycles. The molecule has 0 radical (unpaired) electrons. The number of nitrogens with zero attached hydrogens (tertiary/aromatic N) is 2. The number of ether oxygens (including phenoxy) is 1. The highest BCUT2D eigenvalue weighted by Crippen LogP contribution is 2.26. The fourth-order valence-corrected chi connectivity index (χ4v) is 3.84. The molecule has 1 fully saturated rings. The summed E-state index contributed by atoms with van der Waals surface area (Å²) in [6.07, 6.45) is -4.53. The van der Waals surface area contributed by atoms with Crippen LogP contribution in [0.3, 0.4) is 0 Å². The predicted molar refractivity (Wildman–Crippen MR) is 123 cm³/mol. The molecular formula is C24H27F3N4O5. The molecule has 2 unspecified atom stereocenters. The minimum atomic E-state index is -5.04. The van der Waals surface area contributed by atoms with Gasteiger partial charge in [-0.2, -0.15) is 13.2 Å². The Balaban J connectivity index is 1.70. The third kappa shape index (κ3) is 7.09. The fourth-order valence-electron chi connectivity index (χ4n) is 3.84. The van der Waals surface area contributed by atoms with Gasteiger partial charge in [0, 0.05) is 19.1 Å². The zero-order chi connectivity index (χ0) is 26.5. The van der Waals surface area contributed by atoms with Crippen LogP contribution in [0.2, 0.25) is 0 Å². The van der Waals surface area contributed by atoms with Gasteiger partial charge < -0.3 is 25.4 Å². The highest BCUT2D eigenvalue weighted by atomic mass is 19.4. The number of carboxylic acid groups (broad SMARTS) is 1. The van der Waals surface area contributed by atoms with E-state index in [4.69, 9.17) is 9.84 Å². The molecule has 3 rings (SSSR count). The summed E-state index contributed by atoms with van der Waals surface area (Å²) in [5.41, 5.74) is 1.55. The van der Waals surface area contributed by atoms with Crippen LogP contribution in [-0.2, 0) is 4.79 Å². The van der Waals surface area contributed by atoms with Crippen molar-refractivity contribution in [3.8, 4) is 5.75 Å². The van der Waals surface area contributed by atoms with Crippen molar-refractivity contribution in [3.05, 3.63) is 59.4 Å². The SMILES string of the molecule is Cc1ccc(C(Oc2ccc(C(=O)N[C@H]3CCCN(C(=O)O)C3)nc2)C(C)NC(=O)C(F)(F)F)cc1. The lowest BCUT2D eigenvalue weighted by molar-refractivity contribution is -0.174. The number of alkyl halides is 3. The summed E-state index contributed by atoms with van der Waals surface area (Å²) in [5, 5.41) is 13.8. The maximum absolute atomic E-state index is 12.8. The molecule has 194 valence electrons. The Hall–Kier alpha value is -3.83. The van der Waals surface area contributed by atoms with Gasteiger partial charge in [-0.15, -0.1) is 0 Å². The van der Waals surface area contributed by atoms with Gasteiger partial charge in [-0.25, -0.2) is 9.78 Å². The smallest absolute Gasteiger partial charge is 0.471 e. The molecule has 0 bridgehead atoms. The minimum Gasteiger partial charge on any atom is -0.482 e. The van der Waals surface area contributed by atoms with E-state index in [9.17, 15) is 27.6 Å². The van der Waals surface area contributed by atoms with Crippen molar-refractivity contribution in [1.29, 1.82) is 0 Å². The number of piperidine rings is 1. The van der Waals surface area contributed by atoms with Gasteiger partial charge in [-0.3, -0.25) is 9.59 Å². The summed E-state index contributed by atoms with van der Waals surface area (Å²) in [4.78, 5) is 40.5. The molecule has 3 amide bonds. The Morgan fingerprint density at radius 2 is 1.86 bits per heavy atom. The lowest BCUT2D eigenvalue weighted by Gasteiger charge is -2.31. The Labute approximate surface area is 205 Å². The number of amides is 3. The number of nitrogens with one attached hydrogen (secondary N) is 2. The molecule has 0 spiro atoms. The number of hydrogen-bond donors (Lipinski definition) is 3. The van der Waals surface area contributed by atoms with Gasteiger partial charge >= 0.3 is 18.2 Å². The lowest BCUT2D eigenvalue weighted by Crippen LogP contribution is -2.49. The van der Waals surface area contributed by atoms with Gasteiger partial charge in [0.05, 0.1) is 12.2 Å². The standard InChI is InChI=1S/C24H27F3N4O5/c1-14-5-7-16(8-6-14)20(15(2)29-22(33)24(25,26)27)36-18-9-10-19(28-12-18)21(32)30-17-4-3-11-31(13-17)23(34)35/h5-10,12,15,17,20H,3-4,11,13H2,1-2H3,(H,29,33)(H,30,32)(H,34,35)/t15?,17-,20?/m0/s1. The van der Waals surface area contributed by atoms with E-state index in [-0.39, 0.29) is 24.0 Å². The number of aromatic nitrogens is 1. The number of hydrogen-bond acceptors (Lipinski definition) is 5. The van der Waals surface area contributed by atoms with E-state index in [0.29, 0.717) is 24.9 Å². The summed E-state index contributed by atoms with van der Waals surface area (Å²) < 4.78 is 44.2. The molecule has 2 heterocycles. The summed E-state index contributed by atoms with van der Waals surface area (Å²) in [6, 6.07) is 8.38. The first kappa shape index (κ1) is 26.8. The molecular weight excluding hydrogens is 481 g/mol. The summed E-state index contributed by atoms with van der Waals surface area (Å²) in [5.74, 6) is -2.38. The zero-order valence-corrected chi connectivity index (χ0v) is 19.7. The molecule has 1 aliphatic heterocycles. The van der Waals surface area contributed by atoms with Crippen LogP contribution >= 0.6 is 0 Å². The topological polar surface area (TPSA) is 121 Å². The van der Waals surface area contributed by atoms with Crippen LogP contribution in [0.25, 0.3) is 0 Å². The van der Waals surface area contributed by atoms with E-state index >= 15 is 0 Å². The van der Waals surface area contributed by atoms with Gasteiger partial charge in [-0.1, -0.05) is 29.8 Å². The molecule has 1 saturated heterocycles. The number of pyridine rings is 1. The van der Waals surface area contributed by atoms with Crippen LogP contribution in [-0.4, -0.2) is 64.2 Å². The lowest BCUT2D eigenvalue weighted by atomic mass is 10.0. The van der Waals surface area contributed by atoms with E-state index in [2.05, 4.69) is 10.3 Å². The highest BCUT2D eigenvalue weighted by molar-refractivity contribution is 5.92. The van der Waals surface area contributed by atoms with Crippen LogP contribution in [0.5, 0.6) is 5.75 Å². The van der Waals surface area contributed by atoms with Gasteiger partial charge in [0.2, 0.25) is 0 Å². The zero-order valence-electron chi connectivity index (χ0n) is 19.7. The first-order chi connectivity index (χ1) is 16.9. The van der Waals surface area contributed by atoms with Gasteiger partial charge in [0.25, 0.3) is 5.91 Å². The second kappa shape index (κ2) is 11.3. The van der Waals surface area contributed by atoms with E-state index in [1.807, 2.05) is 12.2 Å². The van der Waals surface area contributed by atoms with E-state index in [0.717, 1.165) is 5.56 Å². The molecule has 1 aliphatic rings. The Kier molecular flexibility index (Phi) is 8.38. The molecule has 9 nitrogen and oxygen atoms in total. The quantitative estimate of drug-likeness (QED) is 0.527. The Morgan fingerprint density at radius 3 is 2.44 bits per heavy atom. The first-order valence-electron chi connectivity index (χ1n) is 11.3. The van der Waals surface area contributed by atoms with E-state index in [1.165, 1.54) is 30.2 Å². The first-order valence-corrected chi connectivity index (χ1v) is 11.3. The normalized spacial score (nSPS) is 17.6. The average Bonchev–Trinajstić information content (AvgIpc) is 2.83. The van der Waals surface area contributed by atoms with Crippen molar-refractivity contribution in [3.63, 3.8) is 0 Å². The second-order valence-electron chi connectivity index (χ2n) is 8.63. The number of carbonyl (C=O) groups excluding carboxylic acids is 2. The number of rotatable bonds is 7. The molecule has 3 atom stereocenters. The highest BCUT2D eigenvalue weighted by Gasteiger charge is 2.40. The number of carbonyl (C=O) groups is 3. The Bertz CT molecular complexity index is 1080. The van der Waals surface area contributed by atoms with Crippen LogP contribution in [0, 0.1) is 6.92 Å². The average molecular weight is 508 g/mol. The molecule has 3 N–H and O–H groups in total. The van der Waals surface area contributed by atoms with Crippen molar-refractivity contribution in [2.45, 2.75) is 51.1 Å². The summed E-state index contributed by atoms with van der Waals surface area (Å²) >= 11 is 0. The number of benzene rings is 1. The van der Waals surface area contributed by atoms with E-state index in [1.54, 1.807) is 24.3 Å². The Morgan fingerprint density at radius 1 is 1.17 bits per heavy atom. The van der Waals surface area contributed by atoms with Gasteiger partial charge in [-0.05, 0) is 44.4 Å². The fraction of sp³-hybridized carbons (Fsp3) is 0.417. The third-order valence-electron chi connectivity index (χ3n) is 5.74. The summed E-state index contributed by atoms with van der Waals surface area (Å²) in [7, 11) is 0. The molecule has 0 aliphatic carbocycles. The largest absolute Gasteiger partial charge is 0.482 e. The van der Waals surface area contributed by atoms with Crippen LogP contribution in [0.1, 0.15) is 47.5 Å². The maximum atomic E-state index is 12.8. The van der Waals surface area contributed by atoms with Crippen molar-refractivity contribution in [2.24, 2.45) is 0 Å². The monoisotopic (exact) mass is 508 g/mol. The minimum absolute atomic E-state index is 0.0695. The van der Waals surface area contributed by atoms with Crippen LogP contribution in [0.4, 0.5) is 18.0 Å².